The number of hydrogen-bond donors (Lipinski definition) is 1. The maximum atomic E-state index is 5.89. The van der Waals surface area contributed by atoms with Crippen molar-refractivity contribution in [3.8, 4) is 5.88 Å². The molecular formula is C14H20N2O3. The van der Waals surface area contributed by atoms with Gasteiger partial charge in [-0.25, -0.2) is 4.98 Å². The Morgan fingerprint density at radius 1 is 1.26 bits per heavy atom. The zero-order valence-electron chi connectivity index (χ0n) is 11.0. The number of rotatable bonds is 3. The lowest BCUT2D eigenvalue weighted by Crippen LogP contribution is -2.38. The van der Waals surface area contributed by atoms with Gasteiger partial charge >= 0.3 is 0 Å². The van der Waals surface area contributed by atoms with E-state index in [4.69, 9.17) is 19.9 Å². The van der Waals surface area contributed by atoms with E-state index in [-0.39, 0.29) is 11.9 Å². The molecule has 2 fully saturated rings. The Morgan fingerprint density at radius 2 is 2.00 bits per heavy atom. The van der Waals surface area contributed by atoms with Crippen LogP contribution in [0.4, 0.5) is 0 Å². The van der Waals surface area contributed by atoms with Crippen LogP contribution in [-0.2, 0) is 16.0 Å². The summed E-state index contributed by atoms with van der Waals surface area (Å²) in [5.74, 6) is 0.350. The van der Waals surface area contributed by atoms with Gasteiger partial charge in [0.15, 0.2) is 5.79 Å². The molecule has 1 aromatic heterocycles. The van der Waals surface area contributed by atoms with E-state index in [0.717, 1.165) is 31.2 Å². The van der Waals surface area contributed by atoms with E-state index in [1.165, 1.54) is 0 Å². The third kappa shape index (κ3) is 2.88. The molecule has 1 saturated carbocycles. The summed E-state index contributed by atoms with van der Waals surface area (Å²) in [5, 5.41) is 0. The Balaban J connectivity index is 1.53. The van der Waals surface area contributed by atoms with E-state index in [1.807, 2.05) is 12.1 Å². The van der Waals surface area contributed by atoms with E-state index < -0.39 is 0 Å². The third-order valence-electron chi connectivity index (χ3n) is 3.83. The first-order valence-electron chi connectivity index (χ1n) is 6.89. The van der Waals surface area contributed by atoms with Crippen molar-refractivity contribution in [2.75, 3.05) is 13.2 Å². The van der Waals surface area contributed by atoms with Gasteiger partial charge in [0, 0.05) is 31.6 Å². The number of nitrogens with two attached hydrogens (primary N) is 1. The van der Waals surface area contributed by atoms with Crippen LogP contribution < -0.4 is 10.5 Å². The van der Waals surface area contributed by atoms with Gasteiger partial charge in [0.25, 0.3) is 0 Å². The normalized spacial score (nSPS) is 22.8. The molecule has 5 nitrogen and oxygen atoms in total. The Labute approximate surface area is 113 Å². The highest BCUT2D eigenvalue weighted by Crippen LogP contribution is 2.36. The second-order valence-electron chi connectivity index (χ2n) is 5.13. The summed E-state index contributed by atoms with van der Waals surface area (Å²) in [6, 6.07) is 3.84. The monoisotopic (exact) mass is 264 g/mol. The smallest absolute Gasteiger partial charge is 0.213 e. The third-order valence-corrected chi connectivity index (χ3v) is 3.83. The number of nitrogens with zero attached hydrogens (tertiary/aromatic N) is 1. The molecule has 1 aliphatic carbocycles. The topological polar surface area (TPSA) is 66.6 Å². The fourth-order valence-corrected chi connectivity index (χ4v) is 2.71. The highest BCUT2D eigenvalue weighted by atomic mass is 16.7. The minimum Gasteiger partial charge on any atom is -0.474 e. The van der Waals surface area contributed by atoms with Gasteiger partial charge in [-0.05, 0) is 18.4 Å². The maximum Gasteiger partial charge on any atom is 0.213 e. The summed E-state index contributed by atoms with van der Waals surface area (Å²) in [6.45, 7) is 1.94. The molecule has 1 spiro atoms. The molecule has 1 aliphatic heterocycles. The summed E-state index contributed by atoms with van der Waals surface area (Å²) in [4.78, 5) is 4.27. The van der Waals surface area contributed by atoms with Gasteiger partial charge in [-0.15, -0.1) is 0 Å². The molecule has 19 heavy (non-hydrogen) atoms. The molecule has 2 aliphatic rings. The van der Waals surface area contributed by atoms with Gasteiger partial charge in [-0.2, -0.15) is 0 Å². The van der Waals surface area contributed by atoms with Gasteiger partial charge in [0.05, 0.1) is 13.2 Å². The summed E-state index contributed by atoms with van der Waals surface area (Å²) in [6.07, 6.45) is 5.66. The summed E-state index contributed by atoms with van der Waals surface area (Å²) in [5.41, 5.74) is 6.56. The Bertz CT molecular complexity index is 405. The van der Waals surface area contributed by atoms with Crippen molar-refractivity contribution >= 4 is 0 Å². The zero-order valence-corrected chi connectivity index (χ0v) is 11.0. The number of pyridine rings is 1. The SMILES string of the molecule is NCc1ccc(OC2CCC3(CC2)OCCO3)nc1. The molecule has 1 aromatic rings. The predicted octanol–water partition coefficient (Wildman–Crippen LogP) is 1.60. The lowest BCUT2D eigenvalue weighted by molar-refractivity contribution is -0.186. The van der Waals surface area contributed by atoms with E-state index in [2.05, 4.69) is 4.98 Å². The van der Waals surface area contributed by atoms with Crippen LogP contribution in [0, 0.1) is 0 Å². The summed E-state index contributed by atoms with van der Waals surface area (Å²) in [7, 11) is 0. The fraction of sp³-hybridized carbons (Fsp3) is 0.643. The highest BCUT2D eigenvalue weighted by Gasteiger charge is 2.40. The molecule has 0 amide bonds. The first-order valence-corrected chi connectivity index (χ1v) is 6.89. The number of aromatic nitrogens is 1. The van der Waals surface area contributed by atoms with Crippen molar-refractivity contribution in [1.29, 1.82) is 0 Å². The average Bonchev–Trinajstić information content (AvgIpc) is 2.91. The molecule has 0 atom stereocenters. The van der Waals surface area contributed by atoms with Crippen molar-refractivity contribution in [1.82, 2.24) is 4.98 Å². The van der Waals surface area contributed by atoms with Crippen molar-refractivity contribution < 1.29 is 14.2 Å². The minimum atomic E-state index is -0.323. The van der Waals surface area contributed by atoms with E-state index in [1.54, 1.807) is 6.20 Å². The number of ether oxygens (including phenoxy) is 3. The molecule has 5 heteroatoms. The molecule has 1 saturated heterocycles. The standard InChI is InChI=1S/C14H20N2O3/c15-9-11-1-2-13(16-10-11)19-12-3-5-14(6-4-12)17-7-8-18-14/h1-2,10,12H,3-9,15H2. The Morgan fingerprint density at radius 3 is 2.58 bits per heavy atom. The average molecular weight is 264 g/mol. The molecule has 104 valence electrons. The quantitative estimate of drug-likeness (QED) is 0.898. The van der Waals surface area contributed by atoms with Crippen molar-refractivity contribution in [3.63, 3.8) is 0 Å². The zero-order chi connectivity index (χ0) is 13.1. The van der Waals surface area contributed by atoms with Gasteiger partial charge in [0.1, 0.15) is 6.10 Å². The second-order valence-corrected chi connectivity index (χ2v) is 5.13. The van der Waals surface area contributed by atoms with Crippen molar-refractivity contribution in [3.05, 3.63) is 23.9 Å². The van der Waals surface area contributed by atoms with Gasteiger partial charge in [-0.3, -0.25) is 0 Å². The largest absolute Gasteiger partial charge is 0.474 e. The predicted molar refractivity (Wildman–Crippen MR) is 69.6 cm³/mol. The van der Waals surface area contributed by atoms with E-state index in [0.29, 0.717) is 25.6 Å². The van der Waals surface area contributed by atoms with Crippen LogP contribution in [0.25, 0.3) is 0 Å². The summed E-state index contributed by atoms with van der Waals surface area (Å²) < 4.78 is 17.3. The molecule has 2 N–H and O–H groups in total. The van der Waals surface area contributed by atoms with Crippen LogP contribution in [0.2, 0.25) is 0 Å². The van der Waals surface area contributed by atoms with Crippen LogP contribution in [0.3, 0.4) is 0 Å². The van der Waals surface area contributed by atoms with Crippen LogP contribution in [0.5, 0.6) is 5.88 Å². The van der Waals surface area contributed by atoms with Crippen LogP contribution in [0.15, 0.2) is 18.3 Å². The van der Waals surface area contributed by atoms with Gasteiger partial charge in [-0.1, -0.05) is 6.07 Å². The van der Waals surface area contributed by atoms with E-state index >= 15 is 0 Å². The lowest BCUT2D eigenvalue weighted by atomic mass is 9.92. The highest BCUT2D eigenvalue weighted by molar-refractivity contribution is 5.17. The first kappa shape index (κ1) is 12.8. The molecule has 0 unspecified atom stereocenters. The molecule has 0 radical (unpaired) electrons. The number of hydrogen-bond acceptors (Lipinski definition) is 5. The molecule has 2 heterocycles. The first-order chi connectivity index (χ1) is 9.30. The maximum absolute atomic E-state index is 5.89. The molecular weight excluding hydrogens is 244 g/mol. The molecule has 0 bridgehead atoms. The molecule has 0 aromatic carbocycles. The van der Waals surface area contributed by atoms with Crippen molar-refractivity contribution in [2.24, 2.45) is 5.73 Å². The summed E-state index contributed by atoms with van der Waals surface area (Å²) >= 11 is 0. The van der Waals surface area contributed by atoms with Crippen LogP contribution >= 0.6 is 0 Å². The van der Waals surface area contributed by atoms with Crippen LogP contribution in [-0.4, -0.2) is 30.1 Å². The van der Waals surface area contributed by atoms with Gasteiger partial charge < -0.3 is 19.9 Å². The van der Waals surface area contributed by atoms with Crippen LogP contribution in [0.1, 0.15) is 31.2 Å². The fourth-order valence-electron chi connectivity index (χ4n) is 2.71. The van der Waals surface area contributed by atoms with E-state index in [9.17, 15) is 0 Å². The molecule has 3 rings (SSSR count). The Hall–Kier alpha value is -1.17. The lowest BCUT2D eigenvalue weighted by Gasteiger charge is -2.35. The van der Waals surface area contributed by atoms with Gasteiger partial charge in [0.2, 0.25) is 5.88 Å². The van der Waals surface area contributed by atoms with Crippen molar-refractivity contribution in [2.45, 2.75) is 44.1 Å². The Kier molecular flexibility index (Phi) is 3.68. The second kappa shape index (κ2) is 5.45. The minimum absolute atomic E-state index is 0.203.